The summed E-state index contributed by atoms with van der Waals surface area (Å²) in [6.07, 6.45) is 0.317. The summed E-state index contributed by atoms with van der Waals surface area (Å²) in [6.45, 7) is 1.66. The minimum atomic E-state index is -3.80. The van der Waals surface area contributed by atoms with Crippen molar-refractivity contribution in [2.45, 2.75) is 23.8 Å². The largest absolute Gasteiger partial charge is 0.346 e. The molecule has 1 aromatic rings. The van der Waals surface area contributed by atoms with E-state index in [4.69, 9.17) is 11.6 Å². The maximum atomic E-state index is 12.4. The molecule has 0 saturated carbocycles. The second-order valence-electron chi connectivity index (χ2n) is 6.29. The van der Waals surface area contributed by atoms with Crippen LogP contribution in [0.1, 0.15) is 23.7 Å². The van der Waals surface area contributed by atoms with Gasteiger partial charge in [-0.1, -0.05) is 11.6 Å². The van der Waals surface area contributed by atoms with Gasteiger partial charge in [0.15, 0.2) is 9.84 Å². The summed E-state index contributed by atoms with van der Waals surface area (Å²) in [5.41, 5.74) is -0.763. The van der Waals surface area contributed by atoms with Gasteiger partial charge < -0.3 is 5.32 Å². The van der Waals surface area contributed by atoms with Crippen molar-refractivity contribution < 1.29 is 21.6 Å². The van der Waals surface area contributed by atoms with Gasteiger partial charge in [-0.15, -0.1) is 0 Å². The Morgan fingerprint density at radius 2 is 1.96 bits per heavy atom. The number of hydrogen-bond donors (Lipinski definition) is 1. The Hall–Kier alpha value is -1.16. The lowest BCUT2D eigenvalue weighted by Crippen LogP contribution is -2.46. The van der Waals surface area contributed by atoms with Crippen LogP contribution in [0.4, 0.5) is 0 Å². The number of carbonyl (C=O) groups excluding carboxylic acids is 1. The number of nitrogens with zero attached hydrogens (tertiary/aromatic N) is 1. The van der Waals surface area contributed by atoms with Crippen LogP contribution >= 0.6 is 11.6 Å². The molecule has 0 aromatic heterocycles. The molecule has 0 bridgehead atoms. The van der Waals surface area contributed by atoms with Crippen molar-refractivity contribution in [3.63, 3.8) is 0 Å². The van der Waals surface area contributed by atoms with Crippen LogP contribution in [0.2, 0.25) is 5.02 Å². The van der Waals surface area contributed by atoms with Crippen LogP contribution in [0.5, 0.6) is 0 Å². The van der Waals surface area contributed by atoms with Crippen LogP contribution in [0.3, 0.4) is 0 Å². The van der Waals surface area contributed by atoms with Gasteiger partial charge in [-0.3, -0.25) is 4.79 Å². The molecular formula is C14H19ClN2O5S2. The van der Waals surface area contributed by atoms with E-state index >= 15 is 0 Å². The van der Waals surface area contributed by atoms with E-state index in [1.165, 1.54) is 32.3 Å². The van der Waals surface area contributed by atoms with Gasteiger partial charge in [-0.2, -0.15) is 0 Å². The number of halogens is 1. The van der Waals surface area contributed by atoms with Crippen molar-refractivity contribution in [2.75, 3.05) is 25.6 Å². The number of carbonyl (C=O) groups is 1. The third-order valence-corrected chi connectivity index (χ3v) is 8.07. The van der Waals surface area contributed by atoms with Crippen LogP contribution in [0.25, 0.3) is 0 Å². The second-order valence-corrected chi connectivity index (χ2v) is 11.0. The average molecular weight is 395 g/mol. The number of hydrogen-bond acceptors (Lipinski definition) is 5. The molecule has 0 unspecified atom stereocenters. The molecule has 0 aliphatic carbocycles. The molecule has 2 rings (SSSR count). The number of benzene rings is 1. The fourth-order valence-corrected chi connectivity index (χ4v) is 5.98. The van der Waals surface area contributed by atoms with Gasteiger partial charge in [0.1, 0.15) is 4.90 Å². The Labute approximate surface area is 147 Å². The normalized spacial score (nSPS) is 23.4. The van der Waals surface area contributed by atoms with Gasteiger partial charge >= 0.3 is 0 Å². The van der Waals surface area contributed by atoms with Crippen molar-refractivity contribution in [1.82, 2.24) is 9.62 Å². The molecule has 1 fully saturated rings. The highest BCUT2D eigenvalue weighted by atomic mass is 35.5. The van der Waals surface area contributed by atoms with E-state index in [1.54, 1.807) is 6.92 Å². The smallest absolute Gasteiger partial charge is 0.251 e. The predicted molar refractivity (Wildman–Crippen MR) is 91.5 cm³/mol. The molecule has 1 N–H and O–H groups in total. The van der Waals surface area contributed by atoms with Gasteiger partial charge in [-0.05, 0) is 31.5 Å². The first kappa shape index (κ1) is 19.2. The molecule has 0 radical (unpaired) electrons. The number of nitrogens with one attached hydrogen (secondary N) is 1. The molecule has 1 heterocycles. The fourth-order valence-electron chi connectivity index (χ4n) is 2.49. The standard InChI is InChI=1S/C14H19ClN2O5S2/c1-14(6-7-23(19,20)9-14)16-13(18)10-4-5-11(15)12(8-10)24(21,22)17(2)3/h4-5,8H,6-7,9H2,1-3H3,(H,16,18)/t14-/m0/s1. The molecule has 1 aliphatic rings. The van der Waals surface area contributed by atoms with Crippen LogP contribution < -0.4 is 5.32 Å². The molecule has 0 spiro atoms. The van der Waals surface area contributed by atoms with Crippen molar-refractivity contribution >= 4 is 37.4 Å². The SMILES string of the molecule is CN(C)S(=O)(=O)c1cc(C(=O)N[C@@]2(C)CCS(=O)(=O)C2)ccc1Cl. The van der Waals surface area contributed by atoms with Crippen LogP contribution in [0, 0.1) is 0 Å². The minimum absolute atomic E-state index is 0.00917. The van der Waals surface area contributed by atoms with Gasteiger partial charge in [0.2, 0.25) is 10.0 Å². The summed E-state index contributed by atoms with van der Waals surface area (Å²) in [5, 5.41) is 2.69. The van der Waals surface area contributed by atoms with Gasteiger partial charge in [0, 0.05) is 19.7 Å². The predicted octanol–water partition coefficient (Wildman–Crippen LogP) is 0.897. The molecule has 1 aliphatic heterocycles. The molecular weight excluding hydrogens is 376 g/mol. The number of rotatable bonds is 4. The van der Waals surface area contributed by atoms with E-state index in [0.717, 1.165) is 4.31 Å². The quantitative estimate of drug-likeness (QED) is 0.817. The Morgan fingerprint density at radius 3 is 2.46 bits per heavy atom. The van der Waals surface area contributed by atoms with Crippen molar-refractivity contribution in [3.8, 4) is 0 Å². The molecule has 1 saturated heterocycles. The van der Waals surface area contributed by atoms with Crippen molar-refractivity contribution in [3.05, 3.63) is 28.8 Å². The van der Waals surface area contributed by atoms with Gasteiger partial charge in [-0.25, -0.2) is 21.1 Å². The Balaban J connectivity index is 2.32. The third-order valence-electron chi connectivity index (χ3n) is 3.87. The minimum Gasteiger partial charge on any atom is -0.346 e. The number of sulfonamides is 1. The highest BCUT2D eigenvalue weighted by molar-refractivity contribution is 7.91. The van der Waals surface area contributed by atoms with Crippen LogP contribution in [-0.2, 0) is 19.9 Å². The topological polar surface area (TPSA) is 101 Å². The van der Waals surface area contributed by atoms with Crippen LogP contribution in [0.15, 0.2) is 23.1 Å². The molecule has 24 heavy (non-hydrogen) atoms. The first-order valence-electron chi connectivity index (χ1n) is 7.11. The highest BCUT2D eigenvalue weighted by Gasteiger charge is 2.39. The number of amides is 1. The highest BCUT2D eigenvalue weighted by Crippen LogP contribution is 2.26. The monoisotopic (exact) mass is 394 g/mol. The zero-order valence-electron chi connectivity index (χ0n) is 13.5. The summed E-state index contributed by atoms with van der Waals surface area (Å²) >= 11 is 5.95. The lowest BCUT2D eigenvalue weighted by molar-refractivity contribution is 0.0915. The molecule has 1 aromatic carbocycles. The van der Waals surface area contributed by atoms with E-state index in [1.807, 2.05) is 0 Å². The average Bonchev–Trinajstić information content (AvgIpc) is 2.72. The summed E-state index contributed by atoms with van der Waals surface area (Å²) < 4.78 is 48.7. The maximum absolute atomic E-state index is 12.4. The van der Waals surface area contributed by atoms with E-state index in [-0.39, 0.29) is 27.0 Å². The van der Waals surface area contributed by atoms with Gasteiger partial charge in [0.05, 0.1) is 22.1 Å². The van der Waals surface area contributed by atoms with Crippen LogP contribution in [-0.4, -0.2) is 58.2 Å². The van der Waals surface area contributed by atoms with Gasteiger partial charge in [0.25, 0.3) is 5.91 Å². The summed E-state index contributed by atoms with van der Waals surface area (Å²) in [4.78, 5) is 12.2. The molecule has 7 nitrogen and oxygen atoms in total. The zero-order valence-corrected chi connectivity index (χ0v) is 15.9. The maximum Gasteiger partial charge on any atom is 0.251 e. The lowest BCUT2D eigenvalue weighted by atomic mass is 10.0. The van der Waals surface area contributed by atoms with Crippen molar-refractivity contribution in [1.29, 1.82) is 0 Å². The molecule has 134 valence electrons. The fraction of sp³-hybridized carbons (Fsp3) is 0.500. The summed E-state index contributed by atoms with van der Waals surface area (Å²) in [5.74, 6) is -0.659. The zero-order chi connectivity index (χ0) is 18.3. The molecule has 10 heteroatoms. The van der Waals surface area contributed by atoms with E-state index in [2.05, 4.69) is 5.32 Å². The number of sulfone groups is 1. The first-order valence-corrected chi connectivity index (χ1v) is 10.8. The van der Waals surface area contributed by atoms with Crippen molar-refractivity contribution in [2.24, 2.45) is 0 Å². The summed E-state index contributed by atoms with van der Waals surface area (Å²) in [6, 6.07) is 3.93. The first-order chi connectivity index (χ1) is 10.9. The third kappa shape index (κ3) is 3.90. The lowest BCUT2D eigenvalue weighted by Gasteiger charge is -2.24. The second kappa shape index (κ2) is 6.29. The Morgan fingerprint density at radius 1 is 1.33 bits per heavy atom. The van der Waals surface area contributed by atoms with E-state index in [0.29, 0.717) is 6.42 Å². The summed E-state index contributed by atoms with van der Waals surface area (Å²) in [7, 11) is -4.24. The molecule has 1 atom stereocenters. The Kier molecular flexibility index (Phi) is 5.02. The molecule has 1 amide bonds. The van der Waals surface area contributed by atoms with E-state index in [9.17, 15) is 21.6 Å². The Bertz CT molecular complexity index is 880. The van der Waals surface area contributed by atoms with E-state index < -0.39 is 31.3 Å².